The number of carbonyl (C=O) groups is 1. The Balaban J connectivity index is 1.42. The lowest BCUT2D eigenvalue weighted by Gasteiger charge is -2.30. The molecule has 2 aromatic heterocycles. The van der Waals surface area contributed by atoms with Crippen molar-refractivity contribution in [3.05, 3.63) is 87.8 Å². The smallest absolute Gasteiger partial charge is 0.261 e. The van der Waals surface area contributed by atoms with Crippen LogP contribution in [-0.2, 0) is 19.5 Å². The number of carbonyl (C=O) groups excluding carboxylic acids is 1. The molecule has 2 aromatic carbocycles. The van der Waals surface area contributed by atoms with Crippen LogP contribution in [0.4, 0.5) is 10.2 Å². The van der Waals surface area contributed by atoms with Crippen molar-refractivity contribution in [3.8, 4) is 0 Å². The van der Waals surface area contributed by atoms with E-state index < -0.39 is 0 Å². The lowest BCUT2D eigenvalue weighted by Crippen LogP contribution is -2.31. The molecule has 0 fully saturated rings. The van der Waals surface area contributed by atoms with Crippen LogP contribution in [0.15, 0.2) is 54.9 Å². The van der Waals surface area contributed by atoms with E-state index in [-0.39, 0.29) is 11.7 Å². The van der Waals surface area contributed by atoms with Gasteiger partial charge in [-0.3, -0.25) is 4.79 Å². The Hall–Kier alpha value is -3.32. The molecule has 31 heavy (non-hydrogen) atoms. The number of aryl methyl sites for hydroxylation is 1. The molecule has 1 N–H and O–H groups in total. The van der Waals surface area contributed by atoms with E-state index in [2.05, 4.69) is 44.5 Å². The van der Waals surface area contributed by atoms with Crippen molar-refractivity contribution in [1.29, 1.82) is 0 Å². The normalized spacial score (nSPS) is 13.3. The first kappa shape index (κ1) is 19.6. The van der Waals surface area contributed by atoms with E-state index >= 15 is 0 Å². The Labute approximate surface area is 183 Å². The zero-order valence-corrected chi connectivity index (χ0v) is 17.9. The molecule has 156 valence electrons. The molecular weight excluding hydrogens is 411 g/mol. The third-order valence-corrected chi connectivity index (χ3v) is 6.91. The van der Waals surface area contributed by atoms with Crippen LogP contribution in [0.5, 0.6) is 0 Å². The summed E-state index contributed by atoms with van der Waals surface area (Å²) in [6.45, 7) is 3.97. The van der Waals surface area contributed by atoms with Gasteiger partial charge in [-0.2, -0.15) is 0 Å². The summed E-state index contributed by atoms with van der Waals surface area (Å²) in [5, 5.41) is 3.88. The molecule has 1 aliphatic heterocycles. The Morgan fingerprint density at radius 1 is 1.13 bits per heavy atom. The largest absolute Gasteiger partial charge is 0.351 e. The molecule has 3 heterocycles. The van der Waals surface area contributed by atoms with E-state index in [1.165, 1.54) is 34.6 Å². The summed E-state index contributed by atoms with van der Waals surface area (Å²) in [7, 11) is 0. The van der Waals surface area contributed by atoms with Crippen molar-refractivity contribution < 1.29 is 9.18 Å². The predicted octanol–water partition coefficient (Wildman–Crippen LogP) is 4.63. The first-order chi connectivity index (χ1) is 15.1. The van der Waals surface area contributed by atoms with Gasteiger partial charge in [0, 0.05) is 19.6 Å². The van der Waals surface area contributed by atoms with Crippen LogP contribution in [0, 0.1) is 12.7 Å². The number of fused-ring (bicyclic) bond motifs is 2. The lowest BCUT2D eigenvalue weighted by molar-refractivity contribution is 0.0954. The summed E-state index contributed by atoms with van der Waals surface area (Å²) in [4.78, 5) is 25.6. The number of thiophene rings is 1. The first-order valence-corrected chi connectivity index (χ1v) is 11.0. The minimum Gasteiger partial charge on any atom is -0.351 e. The van der Waals surface area contributed by atoms with Crippen LogP contribution in [-0.4, -0.2) is 22.4 Å². The minimum absolute atomic E-state index is 0.153. The maximum absolute atomic E-state index is 13.1. The van der Waals surface area contributed by atoms with E-state index in [0.717, 1.165) is 46.7 Å². The molecule has 0 atom stereocenters. The van der Waals surface area contributed by atoms with Crippen molar-refractivity contribution in [3.63, 3.8) is 0 Å². The summed E-state index contributed by atoms with van der Waals surface area (Å²) < 4.78 is 13.1. The van der Waals surface area contributed by atoms with Crippen molar-refractivity contribution >= 4 is 33.3 Å². The fourth-order valence-corrected chi connectivity index (χ4v) is 5.11. The van der Waals surface area contributed by atoms with Crippen LogP contribution < -0.4 is 10.2 Å². The van der Waals surface area contributed by atoms with Gasteiger partial charge in [0.1, 0.15) is 22.8 Å². The van der Waals surface area contributed by atoms with Crippen molar-refractivity contribution in [2.75, 3.05) is 11.4 Å². The first-order valence-electron chi connectivity index (χ1n) is 10.2. The summed E-state index contributed by atoms with van der Waals surface area (Å²) >= 11 is 1.38. The van der Waals surface area contributed by atoms with Gasteiger partial charge in [-0.25, -0.2) is 14.4 Å². The second-order valence-corrected chi connectivity index (χ2v) is 8.68. The monoisotopic (exact) mass is 432 g/mol. The van der Waals surface area contributed by atoms with Gasteiger partial charge in [0.05, 0.1) is 10.3 Å². The maximum atomic E-state index is 13.1. The molecule has 0 bridgehead atoms. The van der Waals surface area contributed by atoms with Crippen LogP contribution in [0.3, 0.4) is 0 Å². The second kappa shape index (κ2) is 8.07. The number of hydrogen-bond donors (Lipinski definition) is 1. The van der Waals surface area contributed by atoms with Gasteiger partial charge in [-0.15, -0.1) is 11.3 Å². The maximum Gasteiger partial charge on any atom is 0.261 e. The van der Waals surface area contributed by atoms with Gasteiger partial charge in [0.15, 0.2) is 0 Å². The third-order valence-electron chi connectivity index (χ3n) is 5.71. The Morgan fingerprint density at radius 2 is 1.90 bits per heavy atom. The molecule has 5 rings (SSSR count). The molecular formula is C24H21FN4OS. The lowest BCUT2D eigenvalue weighted by atomic mass is 9.99. The molecule has 0 saturated heterocycles. The SMILES string of the molecule is Cc1c(C(=O)NCc2ccc(F)cc2)sc2ncnc(N3CCc4ccccc4C3)c12. The zero-order chi connectivity index (χ0) is 21.4. The number of nitrogens with one attached hydrogen (secondary N) is 1. The topological polar surface area (TPSA) is 58.1 Å². The van der Waals surface area contributed by atoms with E-state index in [0.29, 0.717) is 11.4 Å². The van der Waals surface area contributed by atoms with Crippen molar-refractivity contribution in [2.45, 2.75) is 26.4 Å². The Bertz CT molecular complexity index is 1270. The molecule has 5 nitrogen and oxygen atoms in total. The number of nitrogens with zero attached hydrogens (tertiary/aromatic N) is 3. The standard InChI is InChI=1S/C24H21FN4OS/c1-15-20-22(29-11-10-17-4-2-3-5-18(17)13-29)27-14-28-24(20)31-21(15)23(30)26-12-16-6-8-19(25)9-7-16/h2-9,14H,10-13H2,1H3,(H,26,30). The van der Waals surface area contributed by atoms with E-state index in [1.807, 2.05) is 6.92 Å². The molecule has 7 heteroatoms. The van der Waals surface area contributed by atoms with Gasteiger partial charge in [0.25, 0.3) is 5.91 Å². The summed E-state index contributed by atoms with van der Waals surface area (Å²) in [6.07, 6.45) is 2.55. The minimum atomic E-state index is -0.290. The summed E-state index contributed by atoms with van der Waals surface area (Å²) in [6, 6.07) is 14.6. The molecule has 1 amide bonds. The second-order valence-electron chi connectivity index (χ2n) is 7.68. The van der Waals surface area contributed by atoms with Crippen LogP contribution in [0.1, 0.15) is 31.9 Å². The van der Waals surface area contributed by atoms with Crippen molar-refractivity contribution in [1.82, 2.24) is 15.3 Å². The number of halogens is 1. The Kier molecular flexibility index (Phi) is 5.11. The van der Waals surface area contributed by atoms with Gasteiger partial charge in [0.2, 0.25) is 0 Å². The summed E-state index contributed by atoms with van der Waals surface area (Å²) in [5.41, 5.74) is 4.43. The highest BCUT2D eigenvalue weighted by Crippen LogP contribution is 2.36. The number of aromatic nitrogens is 2. The highest BCUT2D eigenvalue weighted by atomic mass is 32.1. The van der Waals surface area contributed by atoms with E-state index in [9.17, 15) is 9.18 Å². The molecule has 1 aliphatic rings. The molecule has 0 radical (unpaired) electrons. The molecule has 4 aromatic rings. The van der Waals surface area contributed by atoms with Gasteiger partial charge in [-0.1, -0.05) is 36.4 Å². The third kappa shape index (κ3) is 3.77. The quantitative estimate of drug-likeness (QED) is 0.511. The zero-order valence-electron chi connectivity index (χ0n) is 17.1. The van der Waals surface area contributed by atoms with Crippen LogP contribution >= 0.6 is 11.3 Å². The van der Waals surface area contributed by atoms with Gasteiger partial charge >= 0.3 is 0 Å². The van der Waals surface area contributed by atoms with Crippen LogP contribution in [0.2, 0.25) is 0 Å². The van der Waals surface area contributed by atoms with E-state index in [1.54, 1.807) is 18.5 Å². The fraction of sp³-hybridized carbons (Fsp3) is 0.208. The fourth-order valence-electron chi connectivity index (χ4n) is 4.05. The average Bonchev–Trinajstić information content (AvgIpc) is 3.15. The highest BCUT2D eigenvalue weighted by molar-refractivity contribution is 7.20. The summed E-state index contributed by atoms with van der Waals surface area (Å²) in [5.74, 6) is 0.437. The van der Waals surface area contributed by atoms with Gasteiger partial charge in [-0.05, 0) is 47.7 Å². The number of amides is 1. The van der Waals surface area contributed by atoms with E-state index in [4.69, 9.17) is 0 Å². The molecule has 0 aliphatic carbocycles. The molecule has 0 unspecified atom stereocenters. The highest BCUT2D eigenvalue weighted by Gasteiger charge is 2.24. The number of hydrogen-bond acceptors (Lipinski definition) is 5. The molecule has 0 spiro atoms. The Morgan fingerprint density at radius 3 is 2.71 bits per heavy atom. The van der Waals surface area contributed by atoms with Gasteiger partial charge < -0.3 is 10.2 Å². The number of benzene rings is 2. The average molecular weight is 433 g/mol. The van der Waals surface area contributed by atoms with Crippen molar-refractivity contribution in [2.24, 2.45) is 0 Å². The van der Waals surface area contributed by atoms with Crippen LogP contribution in [0.25, 0.3) is 10.2 Å². The molecule has 0 saturated carbocycles. The number of anilines is 1. The predicted molar refractivity (Wildman–Crippen MR) is 121 cm³/mol. The number of rotatable bonds is 4.